The molecule has 0 atom stereocenters. The van der Waals surface area contributed by atoms with E-state index in [4.69, 9.17) is 11.6 Å². The molecule has 1 heterocycles. The van der Waals surface area contributed by atoms with Crippen molar-refractivity contribution >= 4 is 17.4 Å². The van der Waals surface area contributed by atoms with Crippen LogP contribution in [0.2, 0.25) is 5.28 Å². The number of hydrogen-bond acceptors (Lipinski definition) is 3. The van der Waals surface area contributed by atoms with Gasteiger partial charge in [-0.15, -0.1) is 0 Å². The van der Waals surface area contributed by atoms with Crippen molar-refractivity contribution in [2.45, 2.75) is 26.2 Å². The lowest BCUT2D eigenvalue weighted by Crippen LogP contribution is -2.28. The van der Waals surface area contributed by atoms with E-state index in [0.29, 0.717) is 0 Å². The highest BCUT2D eigenvalue weighted by atomic mass is 35.5. The van der Waals surface area contributed by atoms with Crippen LogP contribution in [0, 0.1) is 6.92 Å². The average Bonchev–Trinajstić information content (AvgIpc) is 2.41. The lowest BCUT2D eigenvalue weighted by Gasteiger charge is -2.26. The molecule has 1 N–H and O–H groups in total. The highest BCUT2D eigenvalue weighted by Crippen LogP contribution is 2.24. The zero-order chi connectivity index (χ0) is 13.9. The van der Waals surface area contributed by atoms with Crippen molar-refractivity contribution in [2.75, 3.05) is 11.9 Å². The van der Waals surface area contributed by atoms with E-state index in [9.17, 15) is 0 Å². The fourth-order valence-electron chi connectivity index (χ4n) is 1.90. The van der Waals surface area contributed by atoms with Crippen LogP contribution in [0.3, 0.4) is 0 Å². The number of aryl methyl sites for hydroxylation is 1. The second kappa shape index (κ2) is 5.57. The van der Waals surface area contributed by atoms with Gasteiger partial charge < -0.3 is 5.32 Å². The van der Waals surface area contributed by atoms with Gasteiger partial charge in [0.1, 0.15) is 5.82 Å². The fourth-order valence-corrected chi connectivity index (χ4v) is 2.03. The first-order valence-electron chi connectivity index (χ1n) is 6.27. The lowest BCUT2D eigenvalue weighted by atomic mass is 9.84. The second-order valence-corrected chi connectivity index (χ2v) is 5.61. The Balaban J connectivity index is 2.12. The largest absolute Gasteiger partial charge is 0.369 e. The summed E-state index contributed by atoms with van der Waals surface area (Å²) in [6.45, 7) is 7.15. The van der Waals surface area contributed by atoms with Gasteiger partial charge in [0.2, 0.25) is 5.28 Å². The van der Waals surface area contributed by atoms with Gasteiger partial charge >= 0.3 is 0 Å². The third-order valence-corrected chi connectivity index (χ3v) is 3.38. The summed E-state index contributed by atoms with van der Waals surface area (Å²) in [5.41, 5.74) is 2.30. The Kier molecular flexibility index (Phi) is 4.05. The van der Waals surface area contributed by atoms with E-state index in [-0.39, 0.29) is 10.7 Å². The van der Waals surface area contributed by atoms with E-state index in [2.05, 4.69) is 53.4 Å². The second-order valence-electron chi connectivity index (χ2n) is 5.27. The molecule has 3 nitrogen and oxygen atoms in total. The SMILES string of the molecule is Cc1cnc(Cl)nc1NCC(C)(C)c1ccccc1. The van der Waals surface area contributed by atoms with Crippen molar-refractivity contribution in [1.29, 1.82) is 0 Å². The maximum absolute atomic E-state index is 5.82. The Morgan fingerprint density at radius 1 is 1.21 bits per heavy atom. The molecule has 0 aliphatic rings. The van der Waals surface area contributed by atoms with Gasteiger partial charge in [-0.3, -0.25) is 0 Å². The molecule has 0 amide bonds. The first-order valence-corrected chi connectivity index (χ1v) is 6.65. The van der Waals surface area contributed by atoms with E-state index >= 15 is 0 Å². The minimum atomic E-state index is 0.0190. The zero-order valence-electron chi connectivity index (χ0n) is 11.4. The molecule has 0 fully saturated rings. The fraction of sp³-hybridized carbons (Fsp3) is 0.333. The van der Waals surface area contributed by atoms with Crippen LogP contribution in [0.4, 0.5) is 5.82 Å². The molecular weight excluding hydrogens is 258 g/mol. The first-order chi connectivity index (χ1) is 8.99. The van der Waals surface area contributed by atoms with E-state index in [1.54, 1.807) is 6.20 Å². The number of nitrogens with one attached hydrogen (secondary N) is 1. The molecule has 0 unspecified atom stereocenters. The van der Waals surface area contributed by atoms with E-state index in [0.717, 1.165) is 17.9 Å². The summed E-state index contributed by atoms with van der Waals surface area (Å²) in [6.07, 6.45) is 1.73. The molecule has 1 aromatic carbocycles. The summed E-state index contributed by atoms with van der Waals surface area (Å²) >= 11 is 5.82. The molecule has 0 aliphatic heterocycles. The summed E-state index contributed by atoms with van der Waals surface area (Å²) in [5.74, 6) is 0.795. The summed E-state index contributed by atoms with van der Waals surface area (Å²) < 4.78 is 0. The van der Waals surface area contributed by atoms with E-state index < -0.39 is 0 Å². The number of halogens is 1. The van der Waals surface area contributed by atoms with Gasteiger partial charge in [-0.1, -0.05) is 44.2 Å². The molecule has 0 spiro atoms. The third kappa shape index (κ3) is 3.44. The summed E-state index contributed by atoms with van der Waals surface area (Å²) in [4.78, 5) is 8.17. The maximum atomic E-state index is 5.82. The third-order valence-electron chi connectivity index (χ3n) is 3.20. The number of hydrogen-bond donors (Lipinski definition) is 1. The Labute approximate surface area is 119 Å². The number of benzene rings is 1. The normalized spacial score (nSPS) is 11.4. The van der Waals surface area contributed by atoms with Gasteiger partial charge in [0, 0.05) is 23.7 Å². The van der Waals surface area contributed by atoms with Gasteiger partial charge in [-0.2, -0.15) is 0 Å². The molecular formula is C15H18ClN3. The molecule has 0 saturated carbocycles. The van der Waals surface area contributed by atoms with Crippen LogP contribution in [0.15, 0.2) is 36.5 Å². The molecule has 4 heteroatoms. The molecule has 19 heavy (non-hydrogen) atoms. The van der Waals surface area contributed by atoms with Crippen LogP contribution >= 0.6 is 11.6 Å². The van der Waals surface area contributed by atoms with Crippen molar-refractivity contribution in [3.63, 3.8) is 0 Å². The summed E-state index contributed by atoms with van der Waals surface area (Å²) in [5, 5.41) is 3.63. The van der Waals surface area contributed by atoms with Crippen molar-refractivity contribution < 1.29 is 0 Å². The molecule has 1 aromatic heterocycles. The number of anilines is 1. The number of nitrogens with zero attached hydrogens (tertiary/aromatic N) is 2. The van der Waals surface area contributed by atoms with Crippen molar-refractivity contribution in [3.8, 4) is 0 Å². The van der Waals surface area contributed by atoms with Crippen LogP contribution in [-0.4, -0.2) is 16.5 Å². The Bertz CT molecular complexity index is 553. The molecule has 0 radical (unpaired) electrons. The predicted molar refractivity (Wildman–Crippen MR) is 79.7 cm³/mol. The highest BCUT2D eigenvalue weighted by Gasteiger charge is 2.20. The van der Waals surface area contributed by atoms with Crippen molar-refractivity contribution in [1.82, 2.24) is 9.97 Å². The van der Waals surface area contributed by atoms with Crippen LogP contribution in [0.5, 0.6) is 0 Å². The van der Waals surface area contributed by atoms with Gasteiger partial charge in [0.25, 0.3) is 0 Å². The average molecular weight is 276 g/mol. The molecule has 0 saturated heterocycles. The van der Waals surface area contributed by atoms with Gasteiger partial charge in [-0.25, -0.2) is 9.97 Å². The summed E-state index contributed by atoms with van der Waals surface area (Å²) in [7, 11) is 0. The number of aromatic nitrogens is 2. The molecule has 0 aliphatic carbocycles. The van der Waals surface area contributed by atoms with Gasteiger partial charge in [0.05, 0.1) is 0 Å². The Morgan fingerprint density at radius 3 is 2.58 bits per heavy atom. The monoisotopic (exact) mass is 275 g/mol. The minimum absolute atomic E-state index is 0.0190. The zero-order valence-corrected chi connectivity index (χ0v) is 12.2. The Morgan fingerprint density at radius 2 is 1.89 bits per heavy atom. The van der Waals surface area contributed by atoms with Crippen LogP contribution in [-0.2, 0) is 5.41 Å². The quantitative estimate of drug-likeness (QED) is 0.862. The summed E-state index contributed by atoms with van der Waals surface area (Å²) in [6, 6.07) is 10.4. The van der Waals surface area contributed by atoms with Crippen molar-refractivity contribution in [3.05, 3.63) is 52.9 Å². The number of rotatable bonds is 4. The van der Waals surface area contributed by atoms with Gasteiger partial charge in [0.15, 0.2) is 0 Å². The van der Waals surface area contributed by atoms with Crippen LogP contribution in [0.1, 0.15) is 25.0 Å². The highest BCUT2D eigenvalue weighted by molar-refractivity contribution is 6.28. The van der Waals surface area contributed by atoms with E-state index in [1.165, 1.54) is 5.56 Å². The smallest absolute Gasteiger partial charge is 0.224 e. The van der Waals surface area contributed by atoms with E-state index in [1.807, 2.05) is 13.0 Å². The standard InChI is InChI=1S/C15H18ClN3/c1-11-9-17-14(16)19-13(11)18-10-15(2,3)12-7-5-4-6-8-12/h4-9H,10H2,1-3H3,(H,17,18,19). The maximum Gasteiger partial charge on any atom is 0.224 e. The van der Waals surface area contributed by atoms with Crippen molar-refractivity contribution in [2.24, 2.45) is 0 Å². The molecule has 0 bridgehead atoms. The Hall–Kier alpha value is -1.61. The predicted octanol–water partition coefficient (Wildman–Crippen LogP) is 3.83. The van der Waals surface area contributed by atoms with Gasteiger partial charge in [-0.05, 0) is 24.1 Å². The topological polar surface area (TPSA) is 37.8 Å². The van der Waals surface area contributed by atoms with Crippen LogP contribution < -0.4 is 5.32 Å². The van der Waals surface area contributed by atoms with Crippen LogP contribution in [0.25, 0.3) is 0 Å². The first kappa shape index (κ1) is 13.8. The molecule has 2 rings (SSSR count). The molecule has 2 aromatic rings. The lowest BCUT2D eigenvalue weighted by molar-refractivity contribution is 0.556. The molecule has 100 valence electrons. The minimum Gasteiger partial charge on any atom is -0.369 e.